The van der Waals surface area contributed by atoms with E-state index in [1.54, 1.807) is 0 Å². The lowest BCUT2D eigenvalue weighted by Crippen LogP contribution is -2.48. The second-order valence-corrected chi connectivity index (χ2v) is 9.83. The van der Waals surface area contributed by atoms with Crippen LogP contribution in [0.2, 0.25) is 0 Å². The quantitative estimate of drug-likeness (QED) is 0.602. The van der Waals surface area contributed by atoms with E-state index in [2.05, 4.69) is 50.1 Å². The van der Waals surface area contributed by atoms with Crippen molar-refractivity contribution >= 4 is 28.8 Å². The van der Waals surface area contributed by atoms with E-state index in [0.717, 1.165) is 44.4 Å². The third-order valence-electron chi connectivity index (χ3n) is 5.56. The molecule has 0 aromatic carbocycles. The summed E-state index contributed by atoms with van der Waals surface area (Å²) in [5, 5.41) is 9.05. The molecule has 7 nitrogen and oxygen atoms in total. The predicted molar refractivity (Wildman–Crippen MR) is 119 cm³/mol. The predicted octanol–water partition coefficient (Wildman–Crippen LogP) is 4.04. The van der Waals surface area contributed by atoms with Gasteiger partial charge in [0.2, 0.25) is 0 Å². The minimum Gasteiger partial charge on any atom is -0.438 e. The molecule has 1 fully saturated rings. The van der Waals surface area contributed by atoms with Crippen LogP contribution in [0.4, 0.5) is 4.79 Å². The zero-order chi connectivity index (χ0) is 21.4. The van der Waals surface area contributed by atoms with Crippen LogP contribution in [0.5, 0.6) is 0 Å². The smallest absolute Gasteiger partial charge is 0.341 e. The lowest BCUT2D eigenvalue weighted by Gasteiger charge is -2.26. The van der Waals surface area contributed by atoms with E-state index in [-0.39, 0.29) is 17.9 Å². The van der Waals surface area contributed by atoms with Gasteiger partial charge in [0, 0.05) is 30.8 Å². The highest BCUT2D eigenvalue weighted by Gasteiger charge is 2.38. The second kappa shape index (κ2) is 11.8. The van der Waals surface area contributed by atoms with Crippen LogP contribution in [0.25, 0.3) is 0 Å². The van der Waals surface area contributed by atoms with Crippen LogP contribution in [-0.2, 0) is 9.53 Å². The summed E-state index contributed by atoms with van der Waals surface area (Å²) in [5.41, 5.74) is 0. The molecule has 1 heterocycles. The number of rotatable bonds is 9. The van der Waals surface area contributed by atoms with E-state index < -0.39 is 6.23 Å². The molecule has 2 amide bonds. The Hall–Kier alpha value is -1.28. The molecule has 2 aliphatic rings. The summed E-state index contributed by atoms with van der Waals surface area (Å²) in [6.45, 7) is 9.34. The summed E-state index contributed by atoms with van der Waals surface area (Å²) in [7, 11) is 2.07. The molecular formula is C21H38N4O3S. The average Bonchev–Trinajstić information content (AvgIpc) is 3.11. The number of carbonyl (C=O) groups excluding carboxylic acids is 2. The Morgan fingerprint density at radius 1 is 1.24 bits per heavy atom. The molecule has 166 valence electrons. The molecule has 1 saturated carbocycles. The maximum Gasteiger partial charge on any atom is 0.341 e. The minimum atomic E-state index is -0.942. The highest BCUT2D eigenvalue weighted by atomic mass is 32.2. The molecule has 29 heavy (non-hydrogen) atoms. The molecule has 1 aliphatic heterocycles. The largest absolute Gasteiger partial charge is 0.438 e. The fraction of sp³-hybridized carbons (Fsp3) is 0.857. The molecule has 1 aliphatic carbocycles. The van der Waals surface area contributed by atoms with Gasteiger partial charge < -0.3 is 15.0 Å². The van der Waals surface area contributed by atoms with Gasteiger partial charge in [-0.2, -0.15) is 5.01 Å². The summed E-state index contributed by atoms with van der Waals surface area (Å²) >= 11 is 1.45. The molecule has 0 saturated heterocycles. The zero-order valence-corrected chi connectivity index (χ0v) is 19.5. The Morgan fingerprint density at radius 3 is 2.55 bits per heavy atom. The normalized spacial score (nSPS) is 20.3. The maximum atomic E-state index is 12.8. The number of thioether (sulfide) groups is 1. The third-order valence-corrected chi connectivity index (χ3v) is 6.37. The number of ketones is 1. The molecule has 1 unspecified atom stereocenters. The maximum absolute atomic E-state index is 12.8. The van der Waals surface area contributed by atoms with Crippen LogP contribution >= 0.6 is 11.8 Å². The zero-order valence-electron chi connectivity index (χ0n) is 18.6. The molecule has 1 atom stereocenters. The Bertz CT molecular complexity index is 576. The lowest BCUT2D eigenvalue weighted by molar-refractivity contribution is -0.131. The highest BCUT2D eigenvalue weighted by Crippen LogP contribution is 2.24. The van der Waals surface area contributed by atoms with Gasteiger partial charge in [0.1, 0.15) is 0 Å². The van der Waals surface area contributed by atoms with Gasteiger partial charge >= 0.3 is 6.03 Å². The Labute approximate surface area is 180 Å². The van der Waals surface area contributed by atoms with E-state index in [1.807, 2.05) is 0 Å². The monoisotopic (exact) mass is 426 g/mol. The number of hydrogen-bond donors (Lipinski definition) is 1. The SMILES string of the molecule is CC(C)CCC(=O)C1OC(SCCN(C)C(C)C)=NN1C(=O)NC1CCCCC1. The molecular weight excluding hydrogens is 388 g/mol. The van der Waals surface area contributed by atoms with Crippen LogP contribution in [0.15, 0.2) is 5.10 Å². The third kappa shape index (κ3) is 7.81. The summed E-state index contributed by atoms with van der Waals surface area (Å²) in [6.07, 6.45) is 5.68. The first-order valence-corrected chi connectivity index (χ1v) is 12.0. The summed E-state index contributed by atoms with van der Waals surface area (Å²) in [5.74, 6) is 1.13. The Kier molecular flexibility index (Phi) is 9.75. The molecule has 0 aromatic rings. The van der Waals surface area contributed by atoms with Crippen molar-refractivity contribution in [3.63, 3.8) is 0 Å². The summed E-state index contributed by atoms with van der Waals surface area (Å²) < 4.78 is 5.83. The molecule has 0 aromatic heterocycles. The van der Waals surface area contributed by atoms with Crippen LogP contribution < -0.4 is 5.32 Å². The molecule has 1 N–H and O–H groups in total. The van der Waals surface area contributed by atoms with Crippen molar-refractivity contribution in [2.45, 2.75) is 91.0 Å². The topological polar surface area (TPSA) is 74.2 Å². The fourth-order valence-electron chi connectivity index (χ4n) is 3.30. The Morgan fingerprint density at radius 2 is 1.93 bits per heavy atom. The average molecular weight is 427 g/mol. The first-order chi connectivity index (χ1) is 13.8. The number of carbonyl (C=O) groups is 2. The van der Waals surface area contributed by atoms with Gasteiger partial charge in [-0.25, -0.2) is 4.79 Å². The van der Waals surface area contributed by atoms with Gasteiger partial charge in [0.05, 0.1) is 0 Å². The van der Waals surface area contributed by atoms with Crippen molar-refractivity contribution < 1.29 is 14.3 Å². The number of Topliss-reactive ketones (excluding diaryl/α,β-unsaturated/α-hetero) is 1. The van der Waals surface area contributed by atoms with Gasteiger partial charge in [-0.05, 0) is 46.1 Å². The molecule has 8 heteroatoms. The van der Waals surface area contributed by atoms with E-state index in [1.165, 1.54) is 23.2 Å². The number of hydrazone groups is 1. The lowest BCUT2D eigenvalue weighted by atomic mass is 9.96. The molecule has 0 spiro atoms. The summed E-state index contributed by atoms with van der Waals surface area (Å²) in [4.78, 5) is 27.8. The van der Waals surface area contributed by atoms with E-state index in [9.17, 15) is 9.59 Å². The highest BCUT2D eigenvalue weighted by molar-refractivity contribution is 8.13. The summed E-state index contributed by atoms with van der Waals surface area (Å²) in [6, 6.07) is 0.300. The van der Waals surface area contributed by atoms with Crippen LogP contribution in [-0.4, -0.2) is 64.6 Å². The van der Waals surface area contributed by atoms with Crippen LogP contribution in [0, 0.1) is 5.92 Å². The Balaban J connectivity index is 1.98. The van der Waals surface area contributed by atoms with Crippen LogP contribution in [0.3, 0.4) is 0 Å². The number of amides is 2. The first kappa shape index (κ1) is 24.0. The van der Waals surface area contributed by atoms with Gasteiger partial charge in [0.15, 0.2) is 5.78 Å². The molecule has 0 radical (unpaired) electrons. The first-order valence-electron chi connectivity index (χ1n) is 11.0. The van der Waals surface area contributed by atoms with Gasteiger partial charge in [0.25, 0.3) is 11.5 Å². The van der Waals surface area contributed by atoms with Crippen molar-refractivity contribution in [1.29, 1.82) is 0 Å². The van der Waals surface area contributed by atoms with E-state index in [4.69, 9.17) is 4.74 Å². The van der Waals surface area contributed by atoms with Crippen molar-refractivity contribution in [3.8, 4) is 0 Å². The minimum absolute atomic E-state index is 0.0869. The number of hydrogen-bond acceptors (Lipinski definition) is 6. The number of nitrogens with zero attached hydrogens (tertiary/aromatic N) is 3. The standard InChI is InChI=1S/C21H38N4O3S/c1-15(2)11-12-18(26)19-25(20(27)22-17-9-7-6-8-10-17)23-21(28-19)29-14-13-24(5)16(3)4/h15-17,19H,6-14H2,1-5H3,(H,22,27). The van der Waals surface area contributed by atoms with Gasteiger partial charge in [-0.1, -0.05) is 44.9 Å². The molecule has 0 bridgehead atoms. The molecule has 2 rings (SSSR count). The fourth-order valence-corrected chi connectivity index (χ4v) is 4.16. The number of ether oxygens (including phenoxy) is 1. The number of nitrogens with one attached hydrogen (secondary N) is 1. The van der Waals surface area contributed by atoms with Gasteiger partial charge in [-0.3, -0.25) is 4.79 Å². The second-order valence-electron chi connectivity index (χ2n) is 8.79. The van der Waals surface area contributed by atoms with Crippen molar-refractivity contribution in [2.75, 3.05) is 19.3 Å². The van der Waals surface area contributed by atoms with Crippen molar-refractivity contribution in [1.82, 2.24) is 15.2 Å². The van der Waals surface area contributed by atoms with E-state index >= 15 is 0 Å². The van der Waals surface area contributed by atoms with Gasteiger partial charge in [-0.15, -0.1) is 5.10 Å². The van der Waals surface area contributed by atoms with Crippen LogP contribution in [0.1, 0.15) is 72.6 Å². The van der Waals surface area contributed by atoms with E-state index in [0.29, 0.717) is 23.6 Å². The van der Waals surface area contributed by atoms with Crippen molar-refractivity contribution in [2.24, 2.45) is 11.0 Å². The number of urea groups is 1. The van der Waals surface area contributed by atoms with Crippen molar-refractivity contribution in [3.05, 3.63) is 0 Å².